The maximum Gasteiger partial charge on any atom is 0.254 e. The van der Waals surface area contributed by atoms with Crippen LogP contribution in [0.3, 0.4) is 0 Å². The minimum absolute atomic E-state index is 0.0498. The third kappa shape index (κ3) is 4.10. The van der Waals surface area contributed by atoms with Gasteiger partial charge in [-0.3, -0.25) is 9.59 Å². The molecule has 2 aliphatic rings. The minimum atomic E-state index is -0.485. The second-order valence-corrected chi connectivity index (χ2v) is 9.34. The second-order valence-electron chi connectivity index (χ2n) is 9.34. The van der Waals surface area contributed by atoms with E-state index in [1.54, 1.807) is 12.1 Å². The normalized spacial score (nSPS) is 20.1. The zero-order chi connectivity index (χ0) is 22.0. The number of carbonyl (C=O) groups is 2. The summed E-state index contributed by atoms with van der Waals surface area (Å²) in [6.45, 7) is 5.22. The van der Waals surface area contributed by atoms with Gasteiger partial charge < -0.3 is 10.2 Å². The van der Waals surface area contributed by atoms with E-state index in [1.165, 1.54) is 12.1 Å². The molecule has 1 saturated carbocycles. The van der Waals surface area contributed by atoms with Crippen molar-refractivity contribution in [3.63, 3.8) is 0 Å². The molecule has 4 rings (SSSR count). The van der Waals surface area contributed by atoms with Crippen molar-refractivity contribution in [2.75, 3.05) is 6.54 Å². The van der Waals surface area contributed by atoms with Gasteiger partial charge in [0, 0.05) is 18.7 Å². The Morgan fingerprint density at radius 1 is 1.10 bits per heavy atom. The van der Waals surface area contributed by atoms with Gasteiger partial charge in [-0.2, -0.15) is 0 Å². The molecular formula is C26H31FN2O2. The Kier molecular flexibility index (Phi) is 6.12. The molecule has 1 aliphatic carbocycles. The molecule has 1 spiro atoms. The molecular weight excluding hydrogens is 391 g/mol. The van der Waals surface area contributed by atoms with Gasteiger partial charge in [-0.15, -0.1) is 0 Å². The Balaban J connectivity index is 1.72. The molecule has 4 nitrogen and oxygen atoms in total. The van der Waals surface area contributed by atoms with Crippen molar-refractivity contribution >= 4 is 11.8 Å². The summed E-state index contributed by atoms with van der Waals surface area (Å²) in [5, 5.41) is 3.09. The quantitative estimate of drug-likeness (QED) is 0.734. The van der Waals surface area contributed by atoms with E-state index in [4.69, 9.17) is 0 Å². The Hall–Kier alpha value is -2.69. The van der Waals surface area contributed by atoms with Gasteiger partial charge in [-0.25, -0.2) is 4.39 Å². The number of halogens is 1. The molecule has 1 N–H and O–H groups in total. The van der Waals surface area contributed by atoms with E-state index in [-0.39, 0.29) is 17.6 Å². The van der Waals surface area contributed by atoms with Crippen LogP contribution in [0, 0.1) is 11.7 Å². The number of nitrogens with one attached hydrogen (secondary N) is 1. The molecule has 2 amide bonds. The molecule has 0 bridgehead atoms. The van der Waals surface area contributed by atoms with Gasteiger partial charge in [0.25, 0.3) is 5.91 Å². The van der Waals surface area contributed by atoms with Crippen LogP contribution in [-0.2, 0) is 11.3 Å². The fraction of sp³-hybridized carbons (Fsp3) is 0.462. The lowest BCUT2D eigenvalue weighted by Crippen LogP contribution is -2.63. The summed E-state index contributed by atoms with van der Waals surface area (Å²) >= 11 is 0. The van der Waals surface area contributed by atoms with Crippen molar-refractivity contribution in [2.45, 2.75) is 64.0 Å². The van der Waals surface area contributed by atoms with Crippen molar-refractivity contribution < 1.29 is 14.0 Å². The molecule has 2 aromatic rings. The van der Waals surface area contributed by atoms with Crippen LogP contribution in [0.2, 0.25) is 0 Å². The van der Waals surface area contributed by atoms with Crippen LogP contribution in [0.4, 0.5) is 4.39 Å². The van der Waals surface area contributed by atoms with Crippen molar-refractivity contribution in [3.8, 4) is 0 Å². The third-order valence-corrected chi connectivity index (χ3v) is 6.73. The minimum Gasteiger partial charge on any atom is -0.351 e. The summed E-state index contributed by atoms with van der Waals surface area (Å²) in [4.78, 5) is 29.3. The summed E-state index contributed by atoms with van der Waals surface area (Å²) in [7, 11) is 0. The molecule has 1 fully saturated rings. The highest BCUT2D eigenvalue weighted by atomic mass is 19.1. The summed E-state index contributed by atoms with van der Waals surface area (Å²) in [5.41, 5.74) is 1.85. The van der Waals surface area contributed by atoms with Gasteiger partial charge >= 0.3 is 0 Å². The molecule has 1 heterocycles. The molecule has 1 aliphatic heterocycles. The predicted octanol–water partition coefficient (Wildman–Crippen LogP) is 5.04. The van der Waals surface area contributed by atoms with Crippen molar-refractivity contribution in [1.82, 2.24) is 10.2 Å². The SMILES string of the molecule is CC(C)CN1C(=O)c2ccccc2[C@H](C(=O)NCc2ccc(F)cc2)C12CCCCC2. The number of rotatable bonds is 5. The first-order valence-electron chi connectivity index (χ1n) is 11.4. The summed E-state index contributed by atoms with van der Waals surface area (Å²) in [5.74, 6) is -0.383. The number of amides is 2. The summed E-state index contributed by atoms with van der Waals surface area (Å²) in [6.07, 6.45) is 4.86. The predicted molar refractivity (Wildman–Crippen MR) is 119 cm³/mol. The molecule has 0 unspecified atom stereocenters. The first-order chi connectivity index (χ1) is 14.9. The molecule has 31 heavy (non-hydrogen) atoms. The van der Waals surface area contributed by atoms with E-state index in [2.05, 4.69) is 19.2 Å². The highest BCUT2D eigenvalue weighted by molar-refractivity contribution is 6.02. The monoisotopic (exact) mass is 422 g/mol. The Bertz CT molecular complexity index is 948. The maximum absolute atomic E-state index is 13.7. The van der Waals surface area contributed by atoms with Crippen LogP contribution in [-0.4, -0.2) is 28.8 Å². The maximum atomic E-state index is 13.7. The van der Waals surface area contributed by atoms with Gasteiger partial charge in [0.05, 0.1) is 11.5 Å². The average Bonchev–Trinajstić information content (AvgIpc) is 2.77. The zero-order valence-corrected chi connectivity index (χ0v) is 18.4. The lowest BCUT2D eigenvalue weighted by atomic mass is 9.65. The number of hydrogen-bond donors (Lipinski definition) is 1. The van der Waals surface area contributed by atoms with Crippen molar-refractivity contribution in [2.24, 2.45) is 5.92 Å². The smallest absolute Gasteiger partial charge is 0.254 e. The van der Waals surface area contributed by atoms with Crippen molar-refractivity contribution in [1.29, 1.82) is 0 Å². The van der Waals surface area contributed by atoms with Crippen LogP contribution in [0.1, 0.15) is 73.4 Å². The van der Waals surface area contributed by atoms with Gasteiger partial charge in [0.15, 0.2) is 0 Å². The Morgan fingerprint density at radius 3 is 2.45 bits per heavy atom. The molecule has 5 heteroatoms. The second kappa shape index (κ2) is 8.81. The standard InChI is InChI=1S/C26H31FN2O2/c1-18(2)17-29-25(31)22-9-5-4-8-21(22)23(26(29)14-6-3-7-15-26)24(30)28-16-19-10-12-20(27)13-11-19/h4-5,8-13,18,23H,3,6-7,14-17H2,1-2H3,(H,28,30)/t23-/m1/s1. The highest BCUT2D eigenvalue weighted by Crippen LogP contribution is 2.49. The molecule has 0 saturated heterocycles. The number of nitrogens with zero attached hydrogens (tertiary/aromatic N) is 1. The average molecular weight is 423 g/mol. The van der Waals surface area contributed by atoms with Gasteiger partial charge in [0.2, 0.25) is 5.91 Å². The van der Waals surface area contributed by atoms with E-state index in [1.807, 2.05) is 29.2 Å². The molecule has 164 valence electrons. The van der Waals surface area contributed by atoms with E-state index < -0.39 is 11.5 Å². The van der Waals surface area contributed by atoms with Gasteiger partial charge in [0.1, 0.15) is 5.82 Å². The van der Waals surface area contributed by atoms with E-state index in [9.17, 15) is 14.0 Å². The lowest BCUT2D eigenvalue weighted by molar-refractivity contribution is -0.127. The first kappa shape index (κ1) is 21.5. The number of fused-ring (bicyclic) bond motifs is 1. The van der Waals surface area contributed by atoms with E-state index in [0.717, 1.165) is 43.2 Å². The zero-order valence-electron chi connectivity index (χ0n) is 18.4. The fourth-order valence-electron chi connectivity index (χ4n) is 5.37. The topological polar surface area (TPSA) is 49.4 Å². The van der Waals surface area contributed by atoms with Crippen LogP contribution < -0.4 is 5.32 Å². The number of benzene rings is 2. The Labute approximate surface area is 183 Å². The van der Waals surface area contributed by atoms with Gasteiger partial charge in [-0.1, -0.05) is 63.4 Å². The molecule has 0 radical (unpaired) electrons. The van der Waals surface area contributed by atoms with Crippen LogP contribution in [0.25, 0.3) is 0 Å². The molecule has 0 aromatic heterocycles. The molecule has 2 aromatic carbocycles. The third-order valence-electron chi connectivity index (χ3n) is 6.73. The Morgan fingerprint density at radius 2 is 1.77 bits per heavy atom. The first-order valence-corrected chi connectivity index (χ1v) is 11.4. The highest BCUT2D eigenvalue weighted by Gasteiger charge is 2.54. The van der Waals surface area contributed by atoms with Crippen LogP contribution in [0.5, 0.6) is 0 Å². The summed E-state index contributed by atoms with van der Waals surface area (Å²) < 4.78 is 13.2. The molecule has 1 atom stereocenters. The van der Waals surface area contributed by atoms with Crippen LogP contribution >= 0.6 is 0 Å². The van der Waals surface area contributed by atoms with E-state index >= 15 is 0 Å². The van der Waals surface area contributed by atoms with Crippen LogP contribution in [0.15, 0.2) is 48.5 Å². The number of hydrogen-bond acceptors (Lipinski definition) is 2. The van der Waals surface area contributed by atoms with Crippen molar-refractivity contribution in [3.05, 3.63) is 71.0 Å². The lowest BCUT2D eigenvalue weighted by Gasteiger charge is -2.54. The largest absolute Gasteiger partial charge is 0.351 e. The number of carbonyl (C=O) groups excluding carboxylic acids is 2. The fourth-order valence-corrected chi connectivity index (χ4v) is 5.37. The van der Waals surface area contributed by atoms with E-state index in [0.29, 0.717) is 24.6 Å². The summed E-state index contributed by atoms with van der Waals surface area (Å²) in [6, 6.07) is 13.8. The van der Waals surface area contributed by atoms with Gasteiger partial charge in [-0.05, 0) is 48.1 Å².